The number of carboxylic acid groups (broad SMARTS) is 1. The number of carboxylic acids is 1. The van der Waals surface area contributed by atoms with Crippen LogP contribution in [0.5, 0.6) is 0 Å². The van der Waals surface area contributed by atoms with Gasteiger partial charge in [-0.05, 0) is 13.8 Å². The summed E-state index contributed by atoms with van der Waals surface area (Å²) in [6, 6.07) is -1.09. The van der Waals surface area contributed by atoms with E-state index in [1.807, 2.05) is 0 Å². The summed E-state index contributed by atoms with van der Waals surface area (Å²) < 4.78 is 1.37. The first-order chi connectivity index (χ1) is 7.82. The SMILES string of the molecule is CC(=O)NC(Cn1c(C)c(C)sc1=O)C(=O)O. The summed E-state index contributed by atoms with van der Waals surface area (Å²) in [6.07, 6.45) is 0. The summed E-state index contributed by atoms with van der Waals surface area (Å²) in [5.41, 5.74) is 0.733. The smallest absolute Gasteiger partial charge is 0.328 e. The fourth-order valence-electron chi connectivity index (χ4n) is 1.41. The highest BCUT2D eigenvalue weighted by Crippen LogP contribution is 2.09. The molecule has 6 nitrogen and oxygen atoms in total. The van der Waals surface area contributed by atoms with Crippen LogP contribution in [0.3, 0.4) is 0 Å². The summed E-state index contributed by atoms with van der Waals surface area (Å²) >= 11 is 1.07. The van der Waals surface area contributed by atoms with Crippen molar-refractivity contribution in [3.05, 3.63) is 20.2 Å². The first-order valence-corrected chi connectivity index (χ1v) is 5.81. The molecule has 17 heavy (non-hydrogen) atoms. The molecule has 1 unspecified atom stereocenters. The zero-order valence-electron chi connectivity index (χ0n) is 9.81. The normalized spacial score (nSPS) is 12.2. The number of aryl methyl sites for hydroxylation is 1. The molecule has 1 aromatic heterocycles. The average Bonchev–Trinajstić information content (AvgIpc) is 2.43. The van der Waals surface area contributed by atoms with Gasteiger partial charge in [-0.3, -0.25) is 9.59 Å². The van der Waals surface area contributed by atoms with Gasteiger partial charge in [0.2, 0.25) is 5.91 Å². The molecule has 0 saturated carbocycles. The number of nitrogens with one attached hydrogen (secondary N) is 1. The maximum Gasteiger partial charge on any atom is 0.328 e. The third-order valence-corrected chi connectivity index (χ3v) is 3.41. The first kappa shape index (κ1) is 13.4. The lowest BCUT2D eigenvalue weighted by Crippen LogP contribution is -2.44. The maximum absolute atomic E-state index is 11.6. The fourth-order valence-corrected chi connectivity index (χ4v) is 2.25. The quantitative estimate of drug-likeness (QED) is 0.802. The summed E-state index contributed by atoms with van der Waals surface area (Å²) in [4.78, 5) is 34.0. The molecule has 0 spiro atoms. The molecule has 1 amide bonds. The van der Waals surface area contributed by atoms with Crippen LogP contribution in [0, 0.1) is 13.8 Å². The van der Waals surface area contributed by atoms with Crippen molar-refractivity contribution in [2.75, 3.05) is 0 Å². The molecule has 1 rings (SSSR count). The Bertz CT molecular complexity index is 503. The summed E-state index contributed by atoms with van der Waals surface area (Å²) in [6.45, 7) is 4.74. The maximum atomic E-state index is 11.6. The van der Waals surface area contributed by atoms with Crippen LogP contribution in [0.15, 0.2) is 4.79 Å². The topological polar surface area (TPSA) is 88.4 Å². The number of thiazole rings is 1. The third-order valence-electron chi connectivity index (χ3n) is 2.42. The molecule has 94 valence electrons. The summed E-state index contributed by atoms with van der Waals surface area (Å²) in [5, 5.41) is 11.2. The monoisotopic (exact) mass is 258 g/mol. The van der Waals surface area contributed by atoms with Gasteiger partial charge in [-0.1, -0.05) is 11.3 Å². The minimum atomic E-state index is -1.16. The van der Waals surface area contributed by atoms with Crippen LogP contribution in [-0.4, -0.2) is 27.6 Å². The lowest BCUT2D eigenvalue weighted by atomic mass is 10.2. The van der Waals surface area contributed by atoms with Crippen molar-refractivity contribution in [3.8, 4) is 0 Å². The Morgan fingerprint density at radius 3 is 2.41 bits per heavy atom. The molecule has 0 aliphatic heterocycles. The van der Waals surface area contributed by atoms with E-state index in [1.54, 1.807) is 13.8 Å². The molecule has 0 aromatic carbocycles. The van der Waals surface area contributed by atoms with Crippen molar-refractivity contribution in [3.63, 3.8) is 0 Å². The Hall–Kier alpha value is -1.63. The summed E-state index contributed by atoms with van der Waals surface area (Å²) in [7, 11) is 0. The Balaban J connectivity index is 2.97. The van der Waals surface area contributed by atoms with Gasteiger partial charge in [0.1, 0.15) is 6.04 Å². The Morgan fingerprint density at radius 2 is 2.06 bits per heavy atom. The Kier molecular flexibility index (Phi) is 4.06. The number of carbonyl (C=O) groups excluding carboxylic acids is 1. The first-order valence-electron chi connectivity index (χ1n) is 4.99. The molecule has 0 bridgehead atoms. The van der Waals surface area contributed by atoms with Gasteiger partial charge in [0.05, 0.1) is 6.54 Å². The minimum absolute atomic E-state index is 0.0517. The molecule has 0 radical (unpaired) electrons. The van der Waals surface area contributed by atoms with E-state index in [-0.39, 0.29) is 11.4 Å². The van der Waals surface area contributed by atoms with Crippen LogP contribution in [0.4, 0.5) is 0 Å². The van der Waals surface area contributed by atoms with Crippen molar-refractivity contribution >= 4 is 23.2 Å². The number of nitrogens with zero attached hydrogens (tertiary/aromatic N) is 1. The molecular formula is C10H14N2O4S. The van der Waals surface area contributed by atoms with Gasteiger partial charge in [0.25, 0.3) is 0 Å². The predicted octanol–water partition coefficient (Wildman–Crippen LogP) is 0.116. The molecule has 1 atom stereocenters. The lowest BCUT2D eigenvalue weighted by Gasteiger charge is -2.14. The second-order valence-electron chi connectivity index (χ2n) is 3.71. The summed E-state index contributed by atoms with van der Waals surface area (Å²) in [5.74, 6) is -1.59. The second kappa shape index (κ2) is 5.13. The van der Waals surface area contributed by atoms with E-state index < -0.39 is 17.9 Å². The highest BCUT2D eigenvalue weighted by atomic mass is 32.1. The number of amides is 1. The van der Waals surface area contributed by atoms with Crippen molar-refractivity contribution in [1.82, 2.24) is 9.88 Å². The molecular weight excluding hydrogens is 244 g/mol. The fraction of sp³-hybridized carbons (Fsp3) is 0.500. The molecule has 2 N–H and O–H groups in total. The van der Waals surface area contributed by atoms with E-state index in [9.17, 15) is 14.4 Å². The molecule has 1 aromatic rings. The minimum Gasteiger partial charge on any atom is -0.480 e. The number of rotatable bonds is 4. The zero-order chi connectivity index (χ0) is 13.2. The predicted molar refractivity (Wildman–Crippen MR) is 63.3 cm³/mol. The Labute approximate surface area is 102 Å². The average molecular weight is 258 g/mol. The van der Waals surface area contributed by atoms with Crippen LogP contribution >= 0.6 is 11.3 Å². The molecule has 0 aliphatic carbocycles. The second-order valence-corrected chi connectivity index (χ2v) is 4.88. The van der Waals surface area contributed by atoms with Gasteiger partial charge < -0.3 is 15.0 Å². The highest BCUT2D eigenvalue weighted by Gasteiger charge is 2.21. The van der Waals surface area contributed by atoms with Crippen molar-refractivity contribution in [1.29, 1.82) is 0 Å². The van der Waals surface area contributed by atoms with Gasteiger partial charge >= 0.3 is 10.8 Å². The molecule has 1 heterocycles. The van der Waals surface area contributed by atoms with E-state index in [0.29, 0.717) is 0 Å². The van der Waals surface area contributed by atoms with Gasteiger partial charge in [-0.25, -0.2) is 4.79 Å². The molecule has 0 fully saturated rings. The van der Waals surface area contributed by atoms with E-state index >= 15 is 0 Å². The van der Waals surface area contributed by atoms with Crippen molar-refractivity contribution in [2.24, 2.45) is 0 Å². The van der Waals surface area contributed by atoms with Crippen molar-refractivity contribution in [2.45, 2.75) is 33.4 Å². The number of hydrogen-bond acceptors (Lipinski definition) is 4. The number of aliphatic carboxylic acids is 1. The molecule has 0 aliphatic rings. The van der Waals surface area contributed by atoms with Crippen LogP contribution in [-0.2, 0) is 16.1 Å². The van der Waals surface area contributed by atoms with E-state index in [1.165, 1.54) is 11.5 Å². The standard InChI is InChI=1S/C10H14N2O4S/c1-5-6(2)17-10(16)12(5)4-8(9(14)15)11-7(3)13/h8H,4H2,1-3H3,(H,11,13)(H,14,15). The van der Waals surface area contributed by atoms with Crippen molar-refractivity contribution < 1.29 is 14.7 Å². The van der Waals surface area contributed by atoms with Crippen LogP contribution in [0.25, 0.3) is 0 Å². The number of carbonyl (C=O) groups is 2. The van der Waals surface area contributed by atoms with Gasteiger partial charge in [0, 0.05) is 17.5 Å². The van der Waals surface area contributed by atoms with Crippen LogP contribution in [0.1, 0.15) is 17.5 Å². The molecule has 0 saturated heterocycles. The van der Waals surface area contributed by atoms with E-state index in [2.05, 4.69) is 5.32 Å². The third kappa shape index (κ3) is 3.16. The van der Waals surface area contributed by atoms with Gasteiger partial charge in [-0.15, -0.1) is 0 Å². The number of aromatic nitrogens is 1. The zero-order valence-corrected chi connectivity index (χ0v) is 10.6. The van der Waals surface area contributed by atoms with Gasteiger partial charge in [0.15, 0.2) is 0 Å². The largest absolute Gasteiger partial charge is 0.480 e. The van der Waals surface area contributed by atoms with E-state index in [0.717, 1.165) is 21.9 Å². The molecule has 7 heteroatoms. The highest BCUT2D eigenvalue weighted by molar-refractivity contribution is 7.09. The number of hydrogen-bond donors (Lipinski definition) is 2. The van der Waals surface area contributed by atoms with Crippen LogP contribution in [0.2, 0.25) is 0 Å². The van der Waals surface area contributed by atoms with Crippen LogP contribution < -0.4 is 10.2 Å². The van der Waals surface area contributed by atoms with Gasteiger partial charge in [-0.2, -0.15) is 0 Å². The lowest BCUT2D eigenvalue weighted by molar-refractivity contribution is -0.141. The van der Waals surface area contributed by atoms with E-state index in [4.69, 9.17) is 5.11 Å². The Morgan fingerprint density at radius 1 is 1.47 bits per heavy atom.